The Morgan fingerprint density at radius 3 is 2.70 bits per heavy atom. The standard InChI is InChI=1S/C13H24N6O/c1-5-14-11-15-12(18(3)4)17-13(16-11)19-7-6-10(8-19)9(2)20/h9-10,20H,5-8H2,1-4H3,(H,14,15,16,17). The number of nitrogens with zero attached hydrogens (tertiary/aromatic N) is 5. The summed E-state index contributed by atoms with van der Waals surface area (Å²) in [5, 5.41) is 12.8. The molecule has 2 N–H and O–H groups in total. The summed E-state index contributed by atoms with van der Waals surface area (Å²) in [5.74, 6) is 2.22. The van der Waals surface area contributed by atoms with Crippen LogP contribution < -0.4 is 15.1 Å². The third kappa shape index (κ3) is 3.27. The van der Waals surface area contributed by atoms with Gasteiger partial charge in [-0.15, -0.1) is 0 Å². The van der Waals surface area contributed by atoms with E-state index in [2.05, 4.69) is 25.2 Å². The lowest BCUT2D eigenvalue weighted by molar-refractivity contribution is 0.136. The largest absolute Gasteiger partial charge is 0.393 e. The van der Waals surface area contributed by atoms with Crippen LogP contribution in [0.15, 0.2) is 0 Å². The maximum absolute atomic E-state index is 9.70. The summed E-state index contributed by atoms with van der Waals surface area (Å²) in [6.45, 7) is 6.29. The molecule has 0 amide bonds. The van der Waals surface area contributed by atoms with Crippen molar-refractivity contribution in [2.45, 2.75) is 26.4 Å². The van der Waals surface area contributed by atoms with Crippen LogP contribution in [0.2, 0.25) is 0 Å². The molecule has 0 saturated carbocycles. The molecule has 112 valence electrons. The van der Waals surface area contributed by atoms with E-state index in [1.54, 1.807) is 0 Å². The summed E-state index contributed by atoms with van der Waals surface area (Å²) in [4.78, 5) is 17.3. The van der Waals surface area contributed by atoms with Gasteiger partial charge < -0.3 is 20.2 Å². The summed E-state index contributed by atoms with van der Waals surface area (Å²) in [6.07, 6.45) is 0.681. The number of hydrogen-bond donors (Lipinski definition) is 2. The molecule has 1 aliphatic rings. The molecule has 2 rings (SSSR count). The quantitative estimate of drug-likeness (QED) is 0.816. The van der Waals surface area contributed by atoms with Crippen molar-refractivity contribution in [1.82, 2.24) is 15.0 Å². The summed E-state index contributed by atoms with van der Waals surface area (Å²) in [7, 11) is 3.83. The molecule has 2 atom stereocenters. The van der Waals surface area contributed by atoms with E-state index in [-0.39, 0.29) is 12.0 Å². The van der Waals surface area contributed by atoms with Gasteiger partial charge in [-0.1, -0.05) is 0 Å². The van der Waals surface area contributed by atoms with Crippen LogP contribution in [-0.2, 0) is 0 Å². The lowest BCUT2D eigenvalue weighted by Gasteiger charge is -2.20. The molecule has 7 nitrogen and oxygen atoms in total. The first-order chi connectivity index (χ1) is 9.51. The highest BCUT2D eigenvalue weighted by Gasteiger charge is 2.28. The predicted octanol–water partition coefficient (Wildman–Crippen LogP) is 0.576. The molecule has 7 heteroatoms. The highest BCUT2D eigenvalue weighted by Crippen LogP contribution is 2.24. The summed E-state index contributed by atoms with van der Waals surface area (Å²) in [5.41, 5.74) is 0. The van der Waals surface area contributed by atoms with E-state index in [1.165, 1.54) is 0 Å². The zero-order valence-electron chi connectivity index (χ0n) is 12.7. The van der Waals surface area contributed by atoms with E-state index in [9.17, 15) is 5.11 Å². The van der Waals surface area contributed by atoms with Gasteiger partial charge in [-0.3, -0.25) is 0 Å². The van der Waals surface area contributed by atoms with Crippen molar-refractivity contribution < 1.29 is 5.11 Å². The second-order valence-electron chi connectivity index (χ2n) is 5.42. The van der Waals surface area contributed by atoms with Crippen LogP contribution in [0.4, 0.5) is 17.8 Å². The zero-order chi connectivity index (χ0) is 14.7. The first kappa shape index (κ1) is 14.8. The summed E-state index contributed by atoms with van der Waals surface area (Å²) in [6, 6.07) is 0. The highest BCUT2D eigenvalue weighted by atomic mass is 16.3. The average molecular weight is 280 g/mol. The Hall–Kier alpha value is -1.63. The fraction of sp³-hybridized carbons (Fsp3) is 0.769. The second-order valence-corrected chi connectivity index (χ2v) is 5.42. The normalized spacial score (nSPS) is 20.1. The fourth-order valence-electron chi connectivity index (χ4n) is 2.30. The van der Waals surface area contributed by atoms with Gasteiger partial charge in [-0.2, -0.15) is 15.0 Å². The van der Waals surface area contributed by atoms with Crippen LogP contribution in [0.5, 0.6) is 0 Å². The molecule has 1 fully saturated rings. The number of hydrogen-bond acceptors (Lipinski definition) is 7. The van der Waals surface area contributed by atoms with E-state index < -0.39 is 0 Å². The lowest BCUT2D eigenvalue weighted by Crippen LogP contribution is -2.27. The third-order valence-electron chi connectivity index (χ3n) is 3.54. The van der Waals surface area contributed by atoms with Crippen molar-refractivity contribution >= 4 is 17.8 Å². The monoisotopic (exact) mass is 280 g/mol. The van der Waals surface area contributed by atoms with E-state index in [4.69, 9.17) is 0 Å². The SMILES string of the molecule is CCNc1nc(N(C)C)nc(N2CCC(C(C)O)C2)n1. The number of aliphatic hydroxyl groups is 1. The topological polar surface area (TPSA) is 77.4 Å². The second kappa shape index (κ2) is 6.21. The smallest absolute Gasteiger partial charge is 0.231 e. The van der Waals surface area contributed by atoms with E-state index in [0.717, 1.165) is 26.1 Å². The molecule has 1 aromatic heterocycles. The molecule has 0 radical (unpaired) electrons. The zero-order valence-corrected chi connectivity index (χ0v) is 12.7. The van der Waals surface area contributed by atoms with Gasteiger partial charge in [0.15, 0.2) is 0 Å². The van der Waals surface area contributed by atoms with E-state index in [1.807, 2.05) is 32.8 Å². The molecule has 2 heterocycles. The van der Waals surface area contributed by atoms with Gasteiger partial charge in [0.05, 0.1) is 6.10 Å². The van der Waals surface area contributed by atoms with Crippen molar-refractivity contribution in [2.24, 2.45) is 5.92 Å². The van der Waals surface area contributed by atoms with E-state index in [0.29, 0.717) is 17.8 Å². The Morgan fingerprint density at radius 1 is 1.40 bits per heavy atom. The lowest BCUT2D eigenvalue weighted by atomic mass is 10.0. The van der Waals surface area contributed by atoms with Crippen molar-refractivity contribution in [1.29, 1.82) is 0 Å². The molecule has 0 aliphatic carbocycles. The maximum Gasteiger partial charge on any atom is 0.231 e. The number of rotatable bonds is 5. The Balaban J connectivity index is 2.22. The minimum absolute atomic E-state index is 0.289. The molecule has 0 spiro atoms. The van der Waals surface area contributed by atoms with Gasteiger partial charge in [0.2, 0.25) is 17.8 Å². The van der Waals surface area contributed by atoms with Gasteiger partial charge in [0, 0.05) is 39.6 Å². The maximum atomic E-state index is 9.70. The van der Waals surface area contributed by atoms with Crippen LogP contribution in [0.25, 0.3) is 0 Å². The Labute approximate surface area is 120 Å². The number of aromatic nitrogens is 3. The minimum atomic E-state index is -0.289. The predicted molar refractivity (Wildman–Crippen MR) is 80.3 cm³/mol. The molecular weight excluding hydrogens is 256 g/mol. The first-order valence-corrected chi connectivity index (χ1v) is 7.11. The van der Waals surface area contributed by atoms with Crippen molar-refractivity contribution in [2.75, 3.05) is 48.8 Å². The third-order valence-corrected chi connectivity index (χ3v) is 3.54. The summed E-state index contributed by atoms with van der Waals surface area (Å²) < 4.78 is 0. The molecule has 1 aliphatic heterocycles. The Morgan fingerprint density at radius 2 is 2.15 bits per heavy atom. The molecule has 0 bridgehead atoms. The molecule has 1 saturated heterocycles. The van der Waals surface area contributed by atoms with Crippen LogP contribution in [0.3, 0.4) is 0 Å². The van der Waals surface area contributed by atoms with Gasteiger partial charge >= 0.3 is 0 Å². The van der Waals surface area contributed by atoms with Crippen LogP contribution >= 0.6 is 0 Å². The van der Waals surface area contributed by atoms with Gasteiger partial charge in [0.25, 0.3) is 0 Å². The molecule has 0 aromatic carbocycles. The van der Waals surface area contributed by atoms with Crippen molar-refractivity contribution in [3.8, 4) is 0 Å². The van der Waals surface area contributed by atoms with Crippen molar-refractivity contribution in [3.05, 3.63) is 0 Å². The highest BCUT2D eigenvalue weighted by molar-refractivity contribution is 5.45. The Bertz CT molecular complexity index is 450. The van der Waals surface area contributed by atoms with Gasteiger partial charge in [-0.05, 0) is 20.3 Å². The van der Waals surface area contributed by atoms with Gasteiger partial charge in [0.1, 0.15) is 0 Å². The number of aliphatic hydroxyl groups excluding tert-OH is 1. The summed E-state index contributed by atoms with van der Waals surface area (Å²) >= 11 is 0. The number of anilines is 3. The molecule has 20 heavy (non-hydrogen) atoms. The Kier molecular flexibility index (Phi) is 4.59. The molecular formula is C13H24N6O. The molecule has 2 unspecified atom stereocenters. The fourth-order valence-corrected chi connectivity index (χ4v) is 2.30. The van der Waals surface area contributed by atoms with Crippen LogP contribution in [0, 0.1) is 5.92 Å². The minimum Gasteiger partial charge on any atom is -0.393 e. The number of nitrogens with one attached hydrogen (secondary N) is 1. The van der Waals surface area contributed by atoms with Crippen LogP contribution in [0.1, 0.15) is 20.3 Å². The average Bonchev–Trinajstić information content (AvgIpc) is 2.88. The van der Waals surface area contributed by atoms with Crippen LogP contribution in [-0.4, -0.2) is 59.9 Å². The first-order valence-electron chi connectivity index (χ1n) is 7.11. The van der Waals surface area contributed by atoms with E-state index >= 15 is 0 Å². The van der Waals surface area contributed by atoms with Crippen molar-refractivity contribution in [3.63, 3.8) is 0 Å². The van der Waals surface area contributed by atoms with Gasteiger partial charge in [-0.25, -0.2) is 0 Å². The molecule has 1 aromatic rings.